The molecule has 0 aliphatic rings. The fourth-order valence-corrected chi connectivity index (χ4v) is 1.82. The van der Waals surface area contributed by atoms with E-state index in [0.717, 1.165) is 5.56 Å². The Labute approximate surface area is 117 Å². The summed E-state index contributed by atoms with van der Waals surface area (Å²) >= 11 is 5.76. The van der Waals surface area contributed by atoms with Gasteiger partial charge in [-0.05, 0) is 31.5 Å². The number of hydrogen-bond donors (Lipinski definition) is 1. The van der Waals surface area contributed by atoms with Crippen LogP contribution >= 0.6 is 11.6 Å². The van der Waals surface area contributed by atoms with Gasteiger partial charge in [-0.15, -0.1) is 0 Å². The Morgan fingerprint density at radius 3 is 2.42 bits per heavy atom. The number of aromatic nitrogens is 1. The summed E-state index contributed by atoms with van der Waals surface area (Å²) in [6, 6.07) is 13.0. The summed E-state index contributed by atoms with van der Waals surface area (Å²) in [5, 5.41) is 3.34. The summed E-state index contributed by atoms with van der Waals surface area (Å²) in [4.78, 5) is 16.4. The van der Waals surface area contributed by atoms with Crippen LogP contribution in [0.3, 0.4) is 0 Å². The summed E-state index contributed by atoms with van der Waals surface area (Å²) in [5.41, 5.74) is 0.337. The van der Waals surface area contributed by atoms with Crippen LogP contribution in [0, 0.1) is 0 Å². The smallest absolute Gasteiger partial charge is 0.235 e. The van der Waals surface area contributed by atoms with E-state index < -0.39 is 5.41 Å². The van der Waals surface area contributed by atoms with Gasteiger partial charge in [0.2, 0.25) is 5.91 Å². The first-order chi connectivity index (χ1) is 9.00. The zero-order valence-electron chi connectivity index (χ0n) is 10.9. The lowest BCUT2D eigenvalue weighted by Gasteiger charge is -2.23. The van der Waals surface area contributed by atoms with E-state index >= 15 is 0 Å². The fraction of sp³-hybridized carbons (Fsp3) is 0.200. The molecular formula is C15H15ClN2O. The van der Waals surface area contributed by atoms with Gasteiger partial charge in [0.15, 0.2) is 0 Å². The van der Waals surface area contributed by atoms with Gasteiger partial charge in [0, 0.05) is 6.20 Å². The summed E-state index contributed by atoms with van der Waals surface area (Å²) in [5.74, 6) is 0.395. The molecule has 1 aromatic heterocycles. The molecule has 3 nitrogen and oxygen atoms in total. The van der Waals surface area contributed by atoms with E-state index in [1.165, 1.54) is 6.20 Å². The average Bonchev–Trinajstić information content (AvgIpc) is 2.42. The van der Waals surface area contributed by atoms with E-state index in [2.05, 4.69) is 10.3 Å². The average molecular weight is 275 g/mol. The van der Waals surface area contributed by atoms with Crippen molar-refractivity contribution in [2.75, 3.05) is 5.32 Å². The highest BCUT2D eigenvalue weighted by atomic mass is 35.5. The van der Waals surface area contributed by atoms with Crippen molar-refractivity contribution < 1.29 is 4.79 Å². The number of halogens is 1. The second-order valence-electron chi connectivity index (χ2n) is 4.81. The topological polar surface area (TPSA) is 42.0 Å². The Hall–Kier alpha value is -1.87. The first-order valence-electron chi connectivity index (χ1n) is 5.98. The van der Waals surface area contributed by atoms with Gasteiger partial charge in [0.05, 0.1) is 10.4 Å². The van der Waals surface area contributed by atoms with Gasteiger partial charge in [-0.25, -0.2) is 4.98 Å². The summed E-state index contributed by atoms with van der Waals surface area (Å²) in [6.45, 7) is 3.77. The largest absolute Gasteiger partial charge is 0.310 e. The van der Waals surface area contributed by atoms with Gasteiger partial charge in [-0.3, -0.25) is 4.79 Å². The molecule has 1 amide bonds. The molecule has 0 bridgehead atoms. The molecule has 19 heavy (non-hydrogen) atoms. The zero-order valence-corrected chi connectivity index (χ0v) is 11.6. The zero-order chi connectivity index (χ0) is 13.9. The third-order valence-electron chi connectivity index (χ3n) is 3.03. The summed E-state index contributed by atoms with van der Waals surface area (Å²) < 4.78 is 0. The van der Waals surface area contributed by atoms with Crippen LogP contribution in [0.1, 0.15) is 19.4 Å². The fourth-order valence-electron chi connectivity index (χ4n) is 1.71. The number of hydrogen-bond acceptors (Lipinski definition) is 2. The first kappa shape index (κ1) is 13.6. The Kier molecular flexibility index (Phi) is 3.86. The Bertz CT molecular complexity index is 564. The predicted molar refractivity (Wildman–Crippen MR) is 77.3 cm³/mol. The standard InChI is InChI=1S/C15H15ClN2O/c1-15(2,11-6-4-3-5-7-11)14(19)18-13-9-8-12(16)10-17-13/h3-10H,1-2H3,(H,17,18,19). The molecule has 0 aliphatic carbocycles. The number of benzene rings is 1. The van der Waals surface area contributed by atoms with Crippen LogP contribution in [-0.2, 0) is 10.2 Å². The molecule has 0 unspecified atom stereocenters. The third kappa shape index (κ3) is 3.12. The quantitative estimate of drug-likeness (QED) is 0.928. The number of carbonyl (C=O) groups is 1. The number of carbonyl (C=O) groups excluding carboxylic acids is 1. The Morgan fingerprint density at radius 1 is 1.16 bits per heavy atom. The lowest BCUT2D eigenvalue weighted by Crippen LogP contribution is -2.34. The minimum atomic E-state index is -0.622. The molecule has 1 aromatic carbocycles. The number of anilines is 1. The summed E-state index contributed by atoms with van der Waals surface area (Å²) in [7, 11) is 0. The van der Waals surface area contributed by atoms with Crippen LogP contribution in [0.4, 0.5) is 5.82 Å². The van der Waals surface area contributed by atoms with E-state index in [-0.39, 0.29) is 5.91 Å². The van der Waals surface area contributed by atoms with E-state index in [1.54, 1.807) is 12.1 Å². The molecule has 0 fully saturated rings. The highest BCUT2D eigenvalue weighted by Gasteiger charge is 2.29. The SMILES string of the molecule is CC(C)(C(=O)Nc1ccc(Cl)cn1)c1ccccc1. The van der Waals surface area contributed by atoms with Crippen LogP contribution < -0.4 is 5.32 Å². The van der Waals surface area contributed by atoms with Crippen molar-refractivity contribution in [1.29, 1.82) is 0 Å². The van der Waals surface area contributed by atoms with Gasteiger partial charge >= 0.3 is 0 Å². The van der Waals surface area contributed by atoms with Crippen molar-refractivity contribution in [3.8, 4) is 0 Å². The molecule has 2 aromatic rings. The minimum Gasteiger partial charge on any atom is -0.310 e. The van der Waals surface area contributed by atoms with Crippen LogP contribution in [0.15, 0.2) is 48.7 Å². The molecule has 0 saturated heterocycles. The molecule has 1 heterocycles. The lowest BCUT2D eigenvalue weighted by atomic mass is 9.84. The molecule has 1 N–H and O–H groups in total. The lowest BCUT2D eigenvalue weighted by molar-refractivity contribution is -0.120. The normalized spacial score (nSPS) is 11.1. The van der Waals surface area contributed by atoms with Crippen molar-refractivity contribution >= 4 is 23.3 Å². The van der Waals surface area contributed by atoms with Gasteiger partial charge in [-0.1, -0.05) is 41.9 Å². The van der Waals surface area contributed by atoms with Crippen LogP contribution in [0.25, 0.3) is 0 Å². The predicted octanol–water partition coefficient (Wildman–Crippen LogP) is 3.65. The monoisotopic (exact) mass is 274 g/mol. The van der Waals surface area contributed by atoms with Gasteiger partial charge < -0.3 is 5.32 Å². The third-order valence-corrected chi connectivity index (χ3v) is 3.26. The highest BCUT2D eigenvalue weighted by molar-refractivity contribution is 6.30. The van der Waals surface area contributed by atoms with Crippen LogP contribution in [0.5, 0.6) is 0 Å². The van der Waals surface area contributed by atoms with Crippen molar-refractivity contribution in [3.05, 3.63) is 59.2 Å². The molecular weight excluding hydrogens is 260 g/mol. The second-order valence-corrected chi connectivity index (χ2v) is 5.24. The van der Waals surface area contributed by atoms with Gasteiger partial charge in [-0.2, -0.15) is 0 Å². The maximum absolute atomic E-state index is 12.3. The maximum Gasteiger partial charge on any atom is 0.235 e. The van der Waals surface area contributed by atoms with Crippen LogP contribution in [0.2, 0.25) is 5.02 Å². The number of nitrogens with zero attached hydrogens (tertiary/aromatic N) is 1. The van der Waals surface area contributed by atoms with Gasteiger partial charge in [0.1, 0.15) is 5.82 Å². The molecule has 0 atom stereocenters. The molecule has 4 heteroatoms. The van der Waals surface area contributed by atoms with E-state index in [0.29, 0.717) is 10.8 Å². The Balaban J connectivity index is 2.17. The molecule has 0 aliphatic heterocycles. The molecule has 2 rings (SSSR count). The first-order valence-corrected chi connectivity index (χ1v) is 6.36. The van der Waals surface area contributed by atoms with E-state index in [9.17, 15) is 4.79 Å². The summed E-state index contributed by atoms with van der Waals surface area (Å²) in [6.07, 6.45) is 1.51. The Morgan fingerprint density at radius 2 is 1.84 bits per heavy atom. The van der Waals surface area contributed by atoms with Crippen molar-refractivity contribution in [1.82, 2.24) is 4.98 Å². The van der Waals surface area contributed by atoms with Crippen molar-refractivity contribution in [3.63, 3.8) is 0 Å². The van der Waals surface area contributed by atoms with Crippen molar-refractivity contribution in [2.45, 2.75) is 19.3 Å². The molecule has 98 valence electrons. The maximum atomic E-state index is 12.3. The van der Waals surface area contributed by atoms with Crippen molar-refractivity contribution in [2.24, 2.45) is 0 Å². The van der Waals surface area contributed by atoms with E-state index in [4.69, 9.17) is 11.6 Å². The molecule has 0 saturated carbocycles. The molecule has 0 radical (unpaired) electrons. The second kappa shape index (κ2) is 5.41. The number of nitrogens with one attached hydrogen (secondary N) is 1. The highest BCUT2D eigenvalue weighted by Crippen LogP contribution is 2.24. The van der Waals surface area contributed by atoms with Crippen LogP contribution in [-0.4, -0.2) is 10.9 Å². The van der Waals surface area contributed by atoms with Gasteiger partial charge in [0.25, 0.3) is 0 Å². The number of amides is 1. The molecule has 0 spiro atoms. The number of rotatable bonds is 3. The van der Waals surface area contributed by atoms with E-state index in [1.807, 2.05) is 44.2 Å². The number of pyridine rings is 1. The minimum absolute atomic E-state index is 0.103.